The largest absolute Gasteiger partial charge is 0.465 e. The van der Waals surface area contributed by atoms with Crippen LogP contribution in [0.25, 0.3) is 0 Å². The highest BCUT2D eigenvalue weighted by Crippen LogP contribution is 2.69. The summed E-state index contributed by atoms with van der Waals surface area (Å²) in [5.74, 6) is -1.34. The van der Waals surface area contributed by atoms with Crippen molar-refractivity contribution in [2.24, 2.45) is 16.7 Å². The lowest BCUT2D eigenvalue weighted by molar-refractivity contribution is -0.255. The number of carbonyl (C=O) groups excluding carboxylic acids is 1. The molecule has 1 N–H and O–H groups in total. The molecule has 4 aliphatic rings. The monoisotopic (exact) mass is 440 g/mol. The first-order valence-electron chi connectivity index (χ1n) is 11.5. The summed E-state index contributed by atoms with van der Waals surface area (Å²) in [4.78, 5) is 13.0. The molecule has 2 aliphatic carbocycles. The van der Waals surface area contributed by atoms with Crippen molar-refractivity contribution in [3.05, 3.63) is 0 Å². The van der Waals surface area contributed by atoms with Gasteiger partial charge in [0, 0.05) is 10.8 Å². The van der Waals surface area contributed by atoms with Crippen molar-refractivity contribution in [3.8, 4) is 0 Å². The Hall–Kier alpha value is -0.473. The van der Waals surface area contributed by atoms with Crippen LogP contribution < -0.4 is 0 Å². The minimum atomic E-state index is -2.15. The fourth-order valence-corrected chi connectivity index (χ4v) is 7.83. The summed E-state index contributed by atoms with van der Waals surface area (Å²) in [6, 6.07) is 0. The summed E-state index contributed by atoms with van der Waals surface area (Å²) in [7, 11) is -2.15. The summed E-state index contributed by atoms with van der Waals surface area (Å²) >= 11 is 0. The lowest BCUT2D eigenvalue weighted by Crippen LogP contribution is -2.70. The fourth-order valence-electron chi connectivity index (χ4n) is 6.50. The third-order valence-corrected chi connectivity index (χ3v) is 13.7. The molecule has 172 valence electrons. The van der Waals surface area contributed by atoms with Gasteiger partial charge in [-0.05, 0) is 57.7 Å². The molecule has 7 heteroatoms. The Balaban J connectivity index is 1.79. The van der Waals surface area contributed by atoms with E-state index in [0.717, 1.165) is 12.8 Å². The van der Waals surface area contributed by atoms with Crippen LogP contribution in [0, 0.1) is 16.7 Å². The molecule has 0 aromatic heterocycles. The average Bonchev–Trinajstić information content (AvgIpc) is 3.22. The number of fused-ring (bicyclic) bond motifs is 3. The fraction of sp³-hybridized carbons (Fsp3) is 0.957. The van der Waals surface area contributed by atoms with Gasteiger partial charge < -0.3 is 23.7 Å². The first kappa shape index (κ1) is 22.7. The summed E-state index contributed by atoms with van der Waals surface area (Å²) < 4.78 is 24.9. The normalized spacial score (nSPS) is 45.9. The Morgan fingerprint density at radius 1 is 1.17 bits per heavy atom. The van der Waals surface area contributed by atoms with E-state index in [9.17, 15) is 9.90 Å². The first-order valence-corrected chi connectivity index (χ1v) is 14.4. The minimum absolute atomic E-state index is 0.0253. The van der Waals surface area contributed by atoms with Crippen LogP contribution in [-0.4, -0.2) is 56.2 Å². The summed E-state index contributed by atoms with van der Waals surface area (Å²) in [6.07, 6.45) is 2.51. The highest BCUT2D eigenvalue weighted by molar-refractivity contribution is 6.74. The Morgan fingerprint density at radius 2 is 1.83 bits per heavy atom. The third kappa shape index (κ3) is 2.91. The van der Waals surface area contributed by atoms with E-state index in [4.69, 9.17) is 18.6 Å². The van der Waals surface area contributed by atoms with Crippen molar-refractivity contribution in [2.75, 3.05) is 13.2 Å². The lowest BCUT2D eigenvalue weighted by atomic mass is 9.48. The van der Waals surface area contributed by atoms with Crippen molar-refractivity contribution in [1.29, 1.82) is 0 Å². The minimum Gasteiger partial charge on any atom is -0.465 e. The highest BCUT2D eigenvalue weighted by Gasteiger charge is 2.76. The van der Waals surface area contributed by atoms with Gasteiger partial charge in [0.2, 0.25) is 0 Å². The molecular weight excluding hydrogens is 400 g/mol. The van der Waals surface area contributed by atoms with Crippen molar-refractivity contribution in [2.45, 2.75) is 109 Å². The standard InChI is InChI=1S/C23H40O6Si/c1-19(2,3)30(7,8)29-15-12-22(16-13-27-20(4,5)28-16)10-9-11-23(22,25)21(6)14-26-18(24)17(15)21/h15-17,25H,9-14H2,1-8H3/t15-,16?,17-,21+,22+,23-/m0/s1. The molecule has 0 aromatic rings. The van der Waals surface area contributed by atoms with Crippen molar-refractivity contribution in [1.82, 2.24) is 0 Å². The number of esters is 1. The predicted octanol–water partition coefficient (Wildman–Crippen LogP) is 4.01. The van der Waals surface area contributed by atoms with Gasteiger partial charge in [-0.15, -0.1) is 0 Å². The topological polar surface area (TPSA) is 74.2 Å². The van der Waals surface area contributed by atoms with Gasteiger partial charge in [0.15, 0.2) is 14.1 Å². The zero-order valence-corrected chi connectivity index (χ0v) is 21.0. The second-order valence-corrected chi connectivity index (χ2v) is 17.1. The molecule has 30 heavy (non-hydrogen) atoms. The number of aliphatic hydroxyl groups is 1. The highest BCUT2D eigenvalue weighted by atomic mass is 28.4. The smallest absolute Gasteiger partial charge is 0.312 e. The molecule has 2 saturated carbocycles. The van der Waals surface area contributed by atoms with Crippen LogP contribution in [0.4, 0.5) is 0 Å². The van der Waals surface area contributed by atoms with Gasteiger partial charge in [-0.2, -0.15) is 0 Å². The van der Waals surface area contributed by atoms with Crippen molar-refractivity contribution in [3.63, 3.8) is 0 Å². The van der Waals surface area contributed by atoms with Crippen LogP contribution in [0.1, 0.15) is 67.2 Å². The maximum absolute atomic E-state index is 13.0. The Bertz CT molecular complexity index is 730. The number of hydrogen-bond donors (Lipinski definition) is 1. The summed E-state index contributed by atoms with van der Waals surface area (Å²) in [5, 5.41) is 12.3. The van der Waals surface area contributed by atoms with Gasteiger partial charge >= 0.3 is 5.97 Å². The van der Waals surface area contributed by atoms with E-state index in [2.05, 4.69) is 33.9 Å². The van der Waals surface area contributed by atoms with Gasteiger partial charge in [0.25, 0.3) is 0 Å². The molecule has 0 radical (unpaired) electrons. The third-order valence-electron chi connectivity index (χ3n) is 9.20. The first-order chi connectivity index (χ1) is 13.6. The SMILES string of the molecule is CC1(C)OCC([C@]23CCC[C@]2(O)[C@]2(C)COC(=O)[C@@H]2[C@@H](O[Si](C)(C)C(C)(C)C)C3)O1. The van der Waals surface area contributed by atoms with Gasteiger partial charge in [0.05, 0.1) is 30.3 Å². The quantitative estimate of drug-likeness (QED) is 0.528. The molecule has 2 aliphatic heterocycles. The van der Waals surface area contributed by atoms with Crippen LogP contribution in [0.3, 0.4) is 0 Å². The van der Waals surface area contributed by atoms with Gasteiger partial charge in [-0.25, -0.2) is 0 Å². The van der Waals surface area contributed by atoms with E-state index >= 15 is 0 Å². The predicted molar refractivity (Wildman–Crippen MR) is 115 cm³/mol. The van der Waals surface area contributed by atoms with E-state index < -0.39 is 36.5 Å². The molecule has 0 aromatic carbocycles. The molecule has 0 spiro atoms. The Morgan fingerprint density at radius 3 is 2.40 bits per heavy atom. The maximum atomic E-state index is 13.0. The van der Waals surface area contributed by atoms with E-state index in [1.165, 1.54) is 0 Å². The Labute approximate surface area is 182 Å². The molecular formula is C23H40O6Si. The molecule has 6 nitrogen and oxygen atoms in total. The molecule has 1 unspecified atom stereocenters. The van der Waals surface area contributed by atoms with Crippen LogP contribution >= 0.6 is 0 Å². The zero-order valence-electron chi connectivity index (χ0n) is 20.0. The summed E-state index contributed by atoms with van der Waals surface area (Å²) in [5.41, 5.74) is -2.24. The molecule has 0 bridgehead atoms. The number of hydrogen-bond acceptors (Lipinski definition) is 6. The molecule has 4 fully saturated rings. The van der Waals surface area contributed by atoms with Gasteiger partial charge in [-0.1, -0.05) is 27.7 Å². The number of carbonyl (C=O) groups is 1. The van der Waals surface area contributed by atoms with Crippen molar-refractivity contribution >= 4 is 14.3 Å². The van der Waals surface area contributed by atoms with Gasteiger partial charge in [-0.3, -0.25) is 4.79 Å². The van der Waals surface area contributed by atoms with Crippen LogP contribution in [0.15, 0.2) is 0 Å². The lowest BCUT2D eigenvalue weighted by Gasteiger charge is -2.60. The maximum Gasteiger partial charge on any atom is 0.312 e. The summed E-state index contributed by atoms with van der Waals surface area (Å²) in [6.45, 7) is 17.7. The van der Waals surface area contributed by atoms with E-state index in [1.54, 1.807) is 0 Å². The van der Waals surface area contributed by atoms with E-state index in [1.807, 2.05) is 20.8 Å². The van der Waals surface area contributed by atoms with Crippen molar-refractivity contribution < 1.29 is 28.5 Å². The number of ether oxygens (including phenoxy) is 3. The molecule has 4 rings (SSSR count). The molecule has 6 atom stereocenters. The van der Waals surface area contributed by atoms with Crippen LogP contribution in [-0.2, 0) is 23.4 Å². The van der Waals surface area contributed by atoms with E-state index in [-0.39, 0.29) is 29.8 Å². The molecule has 2 heterocycles. The second-order valence-electron chi connectivity index (χ2n) is 12.3. The molecule has 0 amide bonds. The van der Waals surface area contributed by atoms with Crippen LogP contribution in [0.5, 0.6) is 0 Å². The average molecular weight is 441 g/mol. The number of cyclic esters (lactones) is 1. The second kappa shape index (κ2) is 6.53. The number of rotatable bonds is 3. The Kier molecular flexibility index (Phi) is 4.94. The van der Waals surface area contributed by atoms with Crippen LogP contribution in [0.2, 0.25) is 18.1 Å². The molecule has 2 saturated heterocycles. The van der Waals surface area contributed by atoms with E-state index in [0.29, 0.717) is 19.4 Å². The zero-order chi connectivity index (χ0) is 22.4. The van der Waals surface area contributed by atoms with Gasteiger partial charge in [0.1, 0.15) is 6.61 Å².